The van der Waals surface area contributed by atoms with Gasteiger partial charge in [0.25, 0.3) is 11.8 Å². The van der Waals surface area contributed by atoms with Gasteiger partial charge in [0.15, 0.2) is 5.11 Å². The maximum Gasteiger partial charge on any atom is 0.270 e. The van der Waals surface area contributed by atoms with Gasteiger partial charge in [-0.3, -0.25) is 19.8 Å². The van der Waals surface area contributed by atoms with E-state index in [0.29, 0.717) is 22.7 Å². The predicted octanol–water partition coefficient (Wildman–Crippen LogP) is 4.90. The summed E-state index contributed by atoms with van der Waals surface area (Å²) in [6, 6.07) is 20.4. The molecular formula is C24H16ClFN2O2S. The lowest BCUT2D eigenvalue weighted by Crippen LogP contribution is -2.54. The standard InChI is InChI=1S/C24H16ClFN2O2S/c25-21-14-16(9-10-17(21)11-15-5-4-6-18(26)12-15)13-20-22(29)27-24(31)28(23(20)30)19-7-2-1-3-8-19/h1-10,12-14H,11H2,(H,27,29,31)/b20-13-. The minimum Gasteiger partial charge on any atom is -0.298 e. The minimum absolute atomic E-state index is 0.0295. The smallest absolute Gasteiger partial charge is 0.270 e. The third-order valence-corrected chi connectivity index (χ3v) is 5.42. The van der Waals surface area contributed by atoms with Gasteiger partial charge in [-0.25, -0.2) is 4.39 Å². The molecule has 1 saturated heterocycles. The Morgan fingerprint density at radius 1 is 1.00 bits per heavy atom. The normalized spacial score (nSPS) is 15.4. The van der Waals surface area contributed by atoms with Crippen molar-refractivity contribution in [1.29, 1.82) is 0 Å². The summed E-state index contributed by atoms with van der Waals surface area (Å²) >= 11 is 11.6. The molecule has 4 rings (SSSR count). The monoisotopic (exact) mass is 450 g/mol. The molecule has 0 saturated carbocycles. The number of para-hydroxylation sites is 1. The van der Waals surface area contributed by atoms with E-state index < -0.39 is 11.8 Å². The van der Waals surface area contributed by atoms with Crippen molar-refractivity contribution in [2.24, 2.45) is 0 Å². The zero-order chi connectivity index (χ0) is 22.0. The molecule has 0 unspecified atom stereocenters. The number of nitrogens with zero attached hydrogens (tertiary/aromatic N) is 1. The van der Waals surface area contributed by atoms with Crippen LogP contribution in [-0.2, 0) is 16.0 Å². The fraction of sp³-hybridized carbons (Fsp3) is 0.0417. The number of anilines is 1. The van der Waals surface area contributed by atoms with E-state index in [1.165, 1.54) is 23.1 Å². The summed E-state index contributed by atoms with van der Waals surface area (Å²) in [5, 5.41) is 3.04. The fourth-order valence-corrected chi connectivity index (χ4v) is 3.84. The second kappa shape index (κ2) is 8.79. The number of amides is 2. The molecule has 7 heteroatoms. The number of carbonyl (C=O) groups excluding carboxylic acids is 2. The lowest BCUT2D eigenvalue weighted by molar-refractivity contribution is -0.122. The highest BCUT2D eigenvalue weighted by molar-refractivity contribution is 7.80. The summed E-state index contributed by atoms with van der Waals surface area (Å²) in [4.78, 5) is 26.7. The summed E-state index contributed by atoms with van der Waals surface area (Å²) < 4.78 is 13.4. The van der Waals surface area contributed by atoms with Crippen molar-refractivity contribution < 1.29 is 14.0 Å². The Labute approximate surface area is 189 Å². The van der Waals surface area contributed by atoms with Crippen molar-refractivity contribution in [3.8, 4) is 0 Å². The molecule has 154 valence electrons. The molecule has 1 aliphatic heterocycles. The van der Waals surface area contributed by atoms with E-state index in [4.69, 9.17) is 23.8 Å². The van der Waals surface area contributed by atoms with Crippen LogP contribution in [0.3, 0.4) is 0 Å². The SMILES string of the molecule is O=C1NC(=S)N(c2ccccc2)C(=O)/C1=C\c1ccc(Cc2cccc(F)c2)c(Cl)c1. The fourth-order valence-electron chi connectivity index (χ4n) is 3.30. The van der Waals surface area contributed by atoms with Crippen LogP contribution in [0.4, 0.5) is 10.1 Å². The molecule has 1 heterocycles. The Balaban J connectivity index is 1.62. The second-order valence-electron chi connectivity index (χ2n) is 6.95. The number of carbonyl (C=O) groups is 2. The van der Waals surface area contributed by atoms with E-state index in [1.807, 2.05) is 12.1 Å². The average molecular weight is 451 g/mol. The Morgan fingerprint density at radius 3 is 2.48 bits per heavy atom. The van der Waals surface area contributed by atoms with Gasteiger partial charge < -0.3 is 0 Å². The molecule has 0 bridgehead atoms. The number of halogens is 2. The number of hydrogen-bond donors (Lipinski definition) is 1. The topological polar surface area (TPSA) is 49.4 Å². The van der Waals surface area contributed by atoms with Gasteiger partial charge in [0.2, 0.25) is 0 Å². The molecule has 3 aromatic carbocycles. The largest absolute Gasteiger partial charge is 0.298 e. The average Bonchev–Trinajstić information content (AvgIpc) is 2.74. The molecule has 1 fully saturated rings. The van der Waals surface area contributed by atoms with Gasteiger partial charge in [0, 0.05) is 5.02 Å². The van der Waals surface area contributed by atoms with Gasteiger partial charge in [0.1, 0.15) is 11.4 Å². The second-order valence-corrected chi connectivity index (χ2v) is 7.74. The van der Waals surface area contributed by atoms with Crippen LogP contribution in [-0.4, -0.2) is 16.9 Å². The molecule has 0 spiro atoms. The van der Waals surface area contributed by atoms with Crippen LogP contribution in [0.2, 0.25) is 5.02 Å². The van der Waals surface area contributed by atoms with Crippen molar-refractivity contribution in [3.05, 3.63) is 106 Å². The van der Waals surface area contributed by atoms with Gasteiger partial charge in [-0.1, -0.05) is 54.1 Å². The predicted molar refractivity (Wildman–Crippen MR) is 123 cm³/mol. The van der Waals surface area contributed by atoms with E-state index in [-0.39, 0.29) is 16.5 Å². The van der Waals surface area contributed by atoms with E-state index in [0.717, 1.165) is 11.1 Å². The van der Waals surface area contributed by atoms with Gasteiger partial charge in [-0.05, 0) is 71.7 Å². The van der Waals surface area contributed by atoms with Crippen molar-refractivity contribution in [3.63, 3.8) is 0 Å². The Bertz CT molecular complexity index is 1230. The van der Waals surface area contributed by atoms with Crippen molar-refractivity contribution >= 4 is 52.5 Å². The van der Waals surface area contributed by atoms with Crippen LogP contribution >= 0.6 is 23.8 Å². The third-order valence-electron chi connectivity index (χ3n) is 4.79. The first-order valence-electron chi connectivity index (χ1n) is 9.42. The Hall–Kier alpha value is -3.35. The number of benzene rings is 3. The first kappa shape index (κ1) is 20.9. The maximum atomic E-state index is 13.4. The molecule has 31 heavy (non-hydrogen) atoms. The van der Waals surface area contributed by atoms with Crippen LogP contribution in [0.1, 0.15) is 16.7 Å². The summed E-state index contributed by atoms with van der Waals surface area (Å²) in [5.74, 6) is -1.39. The molecule has 0 aromatic heterocycles. The summed E-state index contributed by atoms with van der Waals surface area (Å²) in [6.45, 7) is 0. The van der Waals surface area contributed by atoms with E-state index in [1.54, 1.807) is 48.5 Å². The molecule has 2 amide bonds. The molecule has 4 nitrogen and oxygen atoms in total. The molecule has 0 radical (unpaired) electrons. The summed E-state index contributed by atoms with van der Waals surface area (Å²) in [5.41, 5.74) is 2.70. The minimum atomic E-state index is -0.567. The van der Waals surface area contributed by atoms with Crippen LogP contribution in [0.5, 0.6) is 0 Å². The quantitative estimate of drug-likeness (QED) is 0.349. The van der Waals surface area contributed by atoms with Crippen molar-refractivity contribution in [2.75, 3.05) is 4.90 Å². The van der Waals surface area contributed by atoms with Gasteiger partial charge in [-0.15, -0.1) is 0 Å². The van der Waals surface area contributed by atoms with Gasteiger partial charge in [-0.2, -0.15) is 0 Å². The third kappa shape index (κ3) is 4.55. The van der Waals surface area contributed by atoms with Crippen molar-refractivity contribution in [2.45, 2.75) is 6.42 Å². The molecule has 3 aromatic rings. The van der Waals surface area contributed by atoms with Crippen LogP contribution in [0, 0.1) is 5.82 Å². The molecular weight excluding hydrogens is 435 g/mol. The highest BCUT2D eigenvalue weighted by Crippen LogP contribution is 2.25. The zero-order valence-electron chi connectivity index (χ0n) is 16.1. The number of rotatable bonds is 4. The molecule has 1 aliphatic rings. The zero-order valence-corrected chi connectivity index (χ0v) is 17.7. The first-order chi connectivity index (χ1) is 14.9. The number of thiocarbonyl (C=S) groups is 1. The van der Waals surface area contributed by atoms with Crippen LogP contribution in [0.15, 0.2) is 78.4 Å². The highest BCUT2D eigenvalue weighted by Gasteiger charge is 2.34. The molecule has 1 N–H and O–H groups in total. The Kier molecular flexibility index (Phi) is 5.93. The van der Waals surface area contributed by atoms with Gasteiger partial charge in [0.05, 0.1) is 5.69 Å². The number of hydrogen-bond acceptors (Lipinski definition) is 3. The highest BCUT2D eigenvalue weighted by atomic mass is 35.5. The van der Waals surface area contributed by atoms with Gasteiger partial charge >= 0.3 is 0 Å². The molecule has 0 aliphatic carbocycles. The van der Waals surface area contributed by atoms with E-state index in [2.05, 4.69) is 5.32 Å². The summed E-state index contributed by atoms with van der Waals surface area (Å²) in [6.07, 6.45) is 1.94. The van der Waals surface area contributed by atoms with E-state index in [9.17, 15) is 14.0 Å². The molecule has 0 atom stereocenters. The van der Waals surface area contributed by atoms with Crippen LogP contribution < -0.4 is 10.2 Å². The lowest BCUT2D eigenvalue weighted by atomic mass is 10.0. The number of nitrogens with one attached hydrogen (secondary N) is 1. The van der Waals surface area contributed by atoms with E-state index >= 15 is 0 Å². The van der Waals surface area contributed by atoms with Crippen molar-refractivity contribution in [1.82, 2.24) is 5.32 Å². The Morgan fingerprint density at radius 2 is 1.77 bits per heavy atom. The maximum absolute atomic E-state index is 13.4. The summed E-state index contributed by atoms with van der Waals surface area (Å²) in [7, 11) is 0. The lowest BCUT2D eigenvalue weighted by Gasteiger charge is -2.28. The first-order valence-corrected chi connectivity index (χ1v) is 10.2. The van der Waals surface area contributed by atoms with Crippen LogP contribution in [0.25, 0.3) is 6.08 Å².